The summed E-state index contributed by atoms with van der Waals surface area (Å²) in [6.45, 7) is 22.2. The van der Waals surface area contributed by atoms with Crippen LogP contribution in [0.1, 0.15) is 126 Å². The van der Waals surface area contributed by atoms with Gasteiger partial charge in [-0.05, 0) is 129 Å². The lowest BCUT2D eigenvalue weighted by atomic mass is 9.32. The van der Waals surface area contributed by atoms with Gasteiger partial charge in [-0.25, -0.2) is 0 Å². The molecule has 6 aliphatic carbocycles. The predicted molar refractivity (Wildman–Crippen MR) is 183 cm³/mol. The summed E-state index contributed by atoms with van der Waals surface area (Å²) in [4.78, 5) is 50.6. The van der Waals surface area contributed by atoms with Crippen molar-refractivity contribution in [1.29, 1.82) is 0 Å². The second kappa shape index (κ2) is 11.3. The van der Waals surface area contributed by atoms with Gasteiger partial charge in [0.25, 0.3) is 0 Å². The summed E-state index contributed by atoms with van der Waals surface area (Å²) < 4.78 is 6.37. The lowest BCUT2D eigenvalue weighted by Gasteiger charge is -2.73. The molecule has 0 saturated heterocycles. The van der Waals surface area contributed by atoms with E-state index in [0.717, 1.165) is 69.8 Å². The summed E-state index contributed by atoms with van der Waals surface area (Å²) in [5, 5.41) is 21.8. The van der Waals surface area contributed by atoms with Crippen molar-refractivity contribution < 1.29 is 34.1 Å². The van der Waals surface area contributed by atoms with Crippen LogP contribution in [0.3, 0.4) is 0 Å². The van der Waals surface area contributed by atoms with Crippen LogP contribution in [0, 0.1) is 73.9 Å². The first-order chi connectivity index (χ1) is 22.2. The molecule has 6 aliphatic rings. The maximum absolute atomic E-state index is 13.9. The third-order valence-electron chi connectivity index (χ3n) is 17.0. The molecule has 268 valence electrons. The zero-order valence-corrected chi connectivity index (χ0v) is 30.7. The summed E-state index contributed by atoms with van der Waals surface area (Å²) in [5.74, 6) is -1.29. The normalized spacial score (nSPS) is 46.8. The van der Waals surface area contributed by atoms with Crippen LogP contribution < -0.4 is 5.32 Å². The van der Waals surface area contributed by atoms with E-state index < -0.39 is 28.7 Å². The van der Waals surface area contributed by atoms with Gasteiger partial charge in [0.1, 0.15) is 12.6 Å². The maximum Gasteiger partial charge on any atom is 0.322 e. The van der Waals surface area contributed by atoms with Gasteiger partial charge in [-0.3, -0.25) is 19.2 Å². The number of carbonyl (C=O) groups excluding carboxylic acids is 2. The van der Waals surface area contributed by atoms with Crippen molar-refractivity contribution in [3.05, 3.63) is 12.2 Å². The molecule has 1 amide bonds. The van der Waals surface area contributed by atoms with Crippen LogP contribution in [0.15, 0.2) is 12.2 Å². The molecule has 0 aliphatic heterocycles. The van der Waals surface area contributed by atoms with Gasteiger partial charge in [0, 0.05) is 5.41 Å². The highest BCUT2D eigenvalue weighted by Gasteiger charge is 2.72. The van der Waals surface area contributed by atoms with E-state index in [-0.39, 0.29) is 63.9 Å². The number of nitrogens with one attached hydrogen (secondary N) is 1. The number of rotatable bonds is 7. The fourth-order valence-electron chi connectivity index (χ4n) is 14.0. The number of esters is 1. The Morgan fingerprint density at radius 2 is 1.46 bits per heavy atom. The second-order valence-corrected chi connectivity index (χ2v) is 19.2. The minimum atomic E-state index is -1.00. The third kappa shape index (κ3) is 4.72. The van der Waals surface area contributed by atoms with Crippen LogP contribution in [0.4, 0.5) is 0 Å². The lowest BCUT2D eigenvalue weighted by Crippen LogP contribution is -2.67. The molecule has 8 nitrogen and oxygen atoms in total. The Morgan fingerprint density at radius 1 is 0.771 bits per heavy atom. The van der Waals surface area contributed by atoms with E-state index >= 15 is 0 Å². The molecular weight excluding hydrogens is 606 g/mol. The van der Waals surface area contributed by atoms with Crippen molar-refractivity contribution in [2.75, 3.05) is 6.54 Å². The van der Waals surface area contributed by atoms with Crippen molar-refractivity contribution in [3.8, 4) is 0 Å². The Morgan fingerprint density at radius 3 is 2.06 bits per heavy atom. The number of ether oxygens (including phenoxy) is 1. The number of hydrogen-bond donors (Lipinski definition) is 3. The Bertz CT molecular complexity index is 1400. The molecule has 0 bridgehead atoms. The SMILES string of the molecule is C=C(C)C1CC[C@]2(C(=O)NCC(=O)O)CC[C@]3(C)C(CC[C@H]4C3(C)CC[C@H]3C(C)(C)[C@@H](OC(=O)C5C[C@@H](C(=O)O)C5(C)C)CC[C@@]34C)C12. The zero-order chi connectivity index (χ0) is 35.4. The summed E-state index contributed by atoms with van der Waals surface area (Å²) in [6, 6.07) is 0. The summed E-state index contributed by atoms with van der Waals surface area (Å²) >= 11 is 0. The van der Waals surface area contributed by atoms with Crippen LogP contribution in [-0.4, -0.2) is 46.7 Å². The Hall–Kier alpha value is -2.38. The van der Waals surface area contributed by atoms with E-state index in [1.54, 1.807) is 0 Å². The number of carboxylic acids is 2. The first kappa shape index (κ1) is 35.4. The largest absolute Gasteiger partial charge is 0.481 e. The summed E-state index contributed by atoms with van der Waals surface area (Å²) in [5.41, 5.74) is 0.0434. The number of hydrogen-bond acceptors (Lipinski definition) is 5. The Balaban J connectivity index is 1.25. The minimum Gasteiger partial charge on any atom is -0.481 e. The van der Waals surface area contributed by atoms with E-state index in [1.165, 1.54) is 0 Å². The molecule has 0 aromatic rings. The smallest absolute Gasteiger partial charge is 0.322 e. The first-order valence-electron chi connectivity index (χ1n) is 18.8. The average molecular weight is 668 g/mol. The minimum absolute atomic E-state index is 0.0487. The van der Waals surface area contributed by atoms with Gasteiger partial charge in [0.2, 0.25) is 5.91 Å². The Labute approximate surface area is 287 Å². The number of amides is 1. The fraction of sp³-hybridized carbons (Fsp3) is 0.850. The molecule has 12 atom stereocenters. The van der Waals surface area contributed by atoms with Gasteiger partial charge in [0.05, 0.1) is 17.3 Å². The molecule has 8 heteroatoms. The highest BCUT2D eigenvalue weighted by atomic mass is 16.5. The van der Waals surface area contributed by atoms with Crippen LogP contribution in [0.5, 0.6) is 0 Å². The molecule has 6 saturated carbocycles. The number of carboxylic acid groups (broad SMARTS) is 2. The van der Waals surface area contributed by atoms with E-state index in [2.05, 4.69) is 53.4 Å². The first-order valence-corrected chi connectivity index (χ1v) is 18.8. The van der Waals surface area contributed by atoms with E-state index in [4.69, 9.17) is 4.74 Å². The number of allylic oxidation sites excluding steroid dienone is 1. The molecule has 5 unspecified atom stereocenters. The van der Waals surface area contributed by atoms with Crippen LogP contribution in [-0.2, 0) is 23.9 Å². The van der Waals surface area contributed by atoms with Crippen molar-refractivity contribution in [3.63, 3.8) is 0 Å². The van der Waals surface area contributed by atoms with E-state index in [0.29, 0.717) is 24.2 Å². The van der Waals surface area contributed by atoms with Crippen molar-refractivity contribution in [2.45, 2.75) is 132 Å². The summed E-state index contributed by atoms with van der Waals surface area (Å²) in [7, 11) is 0. The molecule has 3 N–H and O–H groups in total. The molecule has 6 fully saturated rings. The zero-order valence-electron chi connectivity index (χ0n) is 30.7. The second-order valence-electron chi connectivity index (χ2n) is 19.2. The molecule has 0 heterocycles. The molecule has 0 radical (unpaired) electrons. The molecular formula is C40H61NO7. The molecule has 6 rings (SSSR count). The predicted octanol–water partition coefficient (Wildman–Crippen LogP) is 7.50. The summed E-state index contributed by atoms with van der Waals surface area (Å²) in [6.07, 6.45) is 9.87. The van der Waals surface area contributed by atoms with Gasteiger partial charge in [-0.1, -0.05) is 60.6 Å². The van der Waals surface area contributed by atoms with Crippen molar-refractivity contribution in [2.24, 2.45) is 73.9 Å². The van der Waals surface area contributed by atoms with Crippen molar-refractivity contribution in [1.82, 2.24) is 5.32 Å². The third-order valence-corrected chi connectivity index (χ3v) is 17.0. The molecule has 0 aromatic heterocycles. The van der Waals surface area contributed by atoms with Gasteiger partial charge in [0.15, 0.2) is 0 Å². The number of carbonyl (C=O) groups is 4. The van der Waals surface area contributed by atoms with Crippen LogP contribution in [0.2, 0.25) is 0 Å². The van der Waals surface area contributed by atoms with E-state index in [9.17, 15) is 29.4 Å². The van der Waals surface area contributed by atoms with Gasteiger partial charge in [-0.15, -0.1) is 0 Å². The van der Waals surface area contributed by atoms with Gasteiger partial charge < -0.3 is 20.3 Å². The number of aliphatic carboxylic acids is 2. The van der Waals surface area contributed by atoms with Gasteiger partial charge >= 0.3 is 17.9 Å². The van der Waals surface area contributed by atoms with E-state index in [1.807, 2.05) is 13.8 Å². The quantitative estimate of drug-likeness (QED) is 0.189. The monoisotopic (exact) mass is 667 g/mol. The fourth-order valence-corrected chi connectivity index (χ4v) is 14.0. The maximum atomic E-state index is 13.9. The van der Waals surface area contributed by atoms with Crippen LogP contribution in [0.25, 0.3) is 0 Å². The topological polar surface area (TPSA) is 130 Å². The average Bonchev–Trinajstić information content (AvgIpc) is 3.38. The standard InChI is InChI=1S/C40H61NO7/c1-22(2)23-12-17-40(34(47)41-21-30(42)43)19-18-38(8)24(31(23)40)10-11-28-37(7)15-14-29(36(5,6)27(37)13-16-39(28,38)9)48-33(46)26-20-25(32(44)45)35(26,3)4/h23-29,31H,1,10-21H2,2-9H3,(H,41,47)(H,42,43)(H,44,45)/t23?,24?,25-,26?,27-,28+,29-,31?,37-,38+,39?,40-/m0/s1. The highest BCUT2D eigenvalue weighted by Crippen LogP contribution is 2.77. The van der Waals surface area contributed by atoms with Crippen molar-refractivity contribution >= 4 is 23.8 Å². The molecule has 0 spiro atoms. The Kier molecular flexibility index (Phi) is 8.36. The molecule has 0 aromatic carbocycles. The van der Waals surface area contributed by atoms with Crippen LogP contribution >= 0.6 is 0 Å². The number of fused-ring (bicyclic) bond motifs is 7. The molecule has 48 heavy (non-hydrogen) atoms. The lowest BCUT2D eigenvalue weighted by molar-refractivity contribution is -0.250. The highest BCUT2D eigenvalue weighted by molar-refractivity contribution is 5.87. The van der Waals surface area contributed by atoms with Gasteiger partial charge in [-0.2, -0.15) is 0 Å².